The summed E-state index contributed by atoms with van der Waals surface area (Å²) in [5.41, 5.74) is 0. The highest BCUT2D eigenvalue weighted by Crippen LogP contribution is 2.05. The van der Waals surface area contributed by atoms with Crippen LogP contribution in [-0.2, 0) is 14.4 Å². The van der Waals surface area contributed by atoms with E-state index in [2.05, 4.69) is 0 Å². The second-order valence-corrected chi connectivity index (χ2v) is 4.08. The van der Waals surface area contributed by atoms with Gasteiger partial charge in [0.15, 0.2) is 0 Å². The lowest BCUT2D eigenvalue weighted by molar-refractivity contribution is -0.132. The molecule has 1 heterocycles. The standard InChI is InChI=1S/C12H18N2O4/c1-2-10(15)13-6-3-7-14(9-8-13)11(16)4-5-12(17)18/h4-5H,2-3,6-9H2,1H3,(H,17,18)/b5-4+. The van der Waals surface area contributed by atoms with Crippen LogP contribution in [-0.4, -0.2) is 58.9 Å². The van der Waals surface area contributed by atoms with Crippen molar-refractivity contribution in [3.63, 3.8) is 0 Å². The van der Waals surface area contributed by atoms with E-state index in [0.29, 0.717) is 32.6 Å². The molecule has 18 heavy (non-hydrogen) atoms. The zero-order valence-corrected chi connectivity index (χ0v) is 10.5. The number of hydrogen-bond acceptors (Lipinski definition) is 3. The molecule has 6 nitrogen and oxygen atoms in total. The number of carboxylic acids is 1. The molecule has 2 amide bonds. The maximum absolute atomic E-state index is 11.7. The molecule has 0 unspecified atom stereocenters. The Balaban J connectivity index is 2.54. The van der Waals surface area contributed by atoms with Crippen LogP contribution in [0, 0.1) is 0 Å². The summed E-state index contributed by atoms with van der Waals surface area (Å²) in [7, 11) is 0. The van der Waals surface area contributed by atoms with Crippen LogP contribution in [0.3, 0.4) is 0 Å². The Morgan fingerprint density at radius 1 is 1.06 bits per heavy atom. The van der Waals surface area contributed by atoms with E-state index in [1.54, 1.807) is 9.80 Å². The SMILES string of the molecule is CCC(=O)N1CCCN(C(=O)/C=C/C(=O)O)CC1. The Morgan fingerprint density at radius 2 is 1.67 bits per heavy atom. The zero-order chi connectivity index (χ0) is 13.5. The molecule has 0 radical (unpaired) electrons. The molecule has 1 aliphatic rings. The molecule has 0 aromatic carbocycles. The fraction of sp³-hybridized carbons (Fsp3) is 0.583. The highest BCUT2D eigenvalue weighted by Gasteiger charge is 2.19. The number of amides is 2. The van der Waals surface area contributed by atoms with E-state index in [1.165, 1.54) is 0 Å². The largest absolute Gasteiger partial charge is 0.478 e. The first-order valence-electron chi connectivity index (χ1n) is 6.02. The van der Waals surface area contributed by atoms with E-state index in [0.717, 1.165) is 18.6 Å². The second-order valence-electron chi connectivity index (χ2n) is 4.08. The summed E-state index contributed by atoms with van der Waals surface area (Å²) in [4.78, 5) is 36.9. The molecular weight excluding hydrogens is 236 g/mol. The van der Waals surface area contributed by atoms with Crippen molar-refractivity contribution >= 4 is 17.8 Å². The maximum atomic E-state index is 11.7. The Bertz CT molecular complexity index is 365. The van der Waals surface area contributed by atoms with Crippen molar-refractivity contribution in [2.75, 3.05) is 26.2 Å². The molecule has 0 spiro atoms. The van der Waals surface area contributed by atoms with Gasteiger partial charge in [-0.1, -0.05) is 6.92 Å². The number of aliphatic carboxylic acids is 1. The minimum Gasteiger partial charge on any atom is -0.478 e. The predicted octanol–water partition coefficient (Wildman–Crippen LogP) is 0.0981. The molecule has 100 valence electrons. The average Bonchev–Trinajstić information content (AvgIpc) is 2.60. The fourth-order valence-corrected chi connectivity index (χ4v) is 1.86. The van der Waals surface area contributed by atoms with Gasteiger partial charge in [0, 0.05) is 44.8 Å². The van der Waals surface area contributed by atoms with Crippen LogP contribution >= 0.6 is 0 Å². The molecule has 0 saturated carbocycles. The topological polar surface area (TPSA) is 77.9 Å². The van der Waals surface area contributed by atoms with Gasteiger partial charge in [-0.15, -0.1) is 0 Å². The van der Waals surface area contributed by atoms with Crippen LogP contribution in [0.5, 0.6) is 0 Å². The van der Waals surface area contributed by atoms with E-state index >= 15 is 0 Å². The van der Waals surface area contributed by atoms with Gasteiger partial charge in [0.2, 0.25) is 11.8 Å². The van der Waals surface area contributed by atoms with Crippen LogP contribution in [0.1, 0.15) is 19.8 Å². The zero-order valence-electron chi connectivity index (χ0n) is 10.5. The number of carbonyl (C=O) groups is 3. The molecule has 0 aromatic rings. The van der Waals surface area contributed by atoms with Crippen molar-refractivity contribution in [3.8, 4) is 0 Å². The van der Waals surface area contributed by atoms with E-state index in [1.807, 2.05) is 6.92 Å². The molecule has 0 aromatic heterocycles. The Kier molecular flexibility index (Phi) is 5.35. The fourth-order valence-electron chi connectivity index (χ4n) is 1.86. The highest BCUT2D eigenvalue weighted by atomic mass is 16.4. The number of carboxylic acid groups (broad SMARTS) is 1. The van der Waals surface area contributed by atoms with E-state index < -0.39 is 5.97 Å². The first-order valence-corrected chi connectivity index (χ1v) is 6.02. The first kappa shape index (κ1) is 14.2. The van der Waals surface area contributed by atoms with Crippen molar-refractivity contribution in [1.82, 2.24) is 9.80 Å². The van der Waals surface area contributed by atoms with Crippen LogP contribution < -0.4 is 0 Å². The second kappa shape index (κ2) is 6.78. The summed E-state index contributed by atoms with van der Waals surface area (Å²) in [6.07, 6.45) is 3.08. The molecule has 1 N–H and O–H groups in total. The lowest BCUT2D eigenvalue weighted by Gasteiger charge is -2.20. The van der Waals surface area contributed by atoms with Crippen LogP contribution in [0.25, 0.3) is 0 Å². The molecule has 6 heteroatoms. The summed E-state index contributed by atoms with van der Waals surface area (Å²) >= 11 is 0. The summed E-state index contributed by atoms with van der Waals surface area (Å²) in [5.74, 6) is -1.37. The monoisotopic (exact) mass is 254 g/mol. The average molecular weight is 254 g/mol. The van der Waals surface area contributed by atoms with Gasteiger partial charge in [0.05, 0.1) is 0 Å². The Labute approximate surface area is 106 Å². The number of hydrogen-bond donors (Lipinski definition) is 1. The van der Waals surface area contributed by atoms with E-state index in [-0.39, 0.29) is 11.8 Å². The van der Waals surface area contributed by atoms with Gasteiger partial charge in [-0.3, -0.25) is 9.59 Å². The normalized spacial score (nSPS) is 16.7. The third-order valence-corrected chi connectivity index (χ3v) is 2.83. The van der Waals surface area contributed by atoms with Crippen molar-refractivity contribution in [2.45, 2.75) is 19.8 Å². The summed E-state index contributed by atoms with van der Waals surface area (Å²) < 4.78 is 0. The van der Waals surface area contributed by atoms with Crippen LogP contribution in [0.4, 0.5) is 0 Å². The number of nitrogens with zero attached hydrogens (tertiary/aromatic N) is 2. The van der Waals surface area contributed by atoms with Crippen molar-refractivity contribution < 1.29 is 19.5 Å². The first-order chi connectivity index (χ1) is 8.54. The number of carbonyl (C=O) groups excluding carboxylic acids is 2. The van der Waals surface area contributed by atoms with Gasteiger partial charge >= 0.3 is 5.97 Å². The summed E-state index contributed by atoms with van der Waals surface area (Å²) in [6, 6.07) is 0. The minimum atomic E-state index is -1.14. The molecule has 1 aliphatic heterocycles. The minimum absolute atomic E-state index is 0.0883. The van der Waals surface area contributed by atoms with Gasteiger partial charge in [0.25, 0.3) is 0 Å². The maximum Gasteiger partial charge on any atom is 0.328 e. The molecule has 0 atom stereocenters. The van der Waals surface area contributed by atoms with Crippen LogP contribution in [0.15, 0.2) is 12.2 Å². The predicted molar refractivity (Wildman–Crippen MR) is 64.8 cm³/mol. The summed E-state index contributed by atoms with van der Waals surface area (Å²) in [6.45, 7) is 3.98. The van der Waals surface area contributed by atoms with Crippen molar-refractivity contribution in [3.05, 3.63) is 12.2 Å². The van der Waals surface area contributed by atoms with Crippen LogP contribution in [0.2, 0.25) is 0 Å². The molecule has 0 aliphatic carbocycles. The van der Waals surface area contributed by atoms with Gasteiger partial charge in [0.1, 0.15) is 0 Å². The third kappa shape index (κ3) is 4.20. The Hall–Kier alpha value is -1.85. The smallest absolute Gasteiger partial charge is 0.328 e. The van der Waals surface area contributed by atoms with Gasteiger partial charge in [-0.2, -0.15) is 0 Å². The van der Waals surface area contributed by atoms with Crippen molar-refractivity contribution in [2.24, 2.45) is 0 Å². The summed E-state index contributed by atoms with van der Waals surface area (Å²) in [5, 5.41) is 8.45. The molecule has 1 saturated heterocycles. The van der Waals surface area contributed by atoms with E-state index in [9.17, 15) is 14.4 Å². The molecule has 1 fully saturated rings. The molecule has 1 rings (SSSR count). The van der Waals surface area contributed by atoms with Gasteiger partial charge in [-0.25, -0.2) is 4.79 Å². The van der Waals surface area contributed by atoms with Gasteiger partial charge in [-0.05, 0) is 6.42 Å². The molecule has 0 bridgehead atoms. The lowest BCUT2D eigenvalue weighted by Crippen LogP contribution is -2.36. The van der Waals surface area contributed by atoms with E-state index in [4.69, 9.17) is 5.11 Å². The molecular formula is C12H18N2O4. The third-order valence-electron chi connectivity index (χ3n) is 2.83. The lowest BCUT2D eigenvalue weighted by atomic mass is 10.3. The quantitative estimate of drug-likeness (QED) is 0.724. The van der Waals surface area contributed by atoms with Gasteiger partial charge < -0.3 is 14.9 Å². The highest BCUT2D eigenvalue weighted by molar-refractivity contribution is 5.93. The Morgan fingerprint density at radius 3 is 2.28 bits per heavy atom. The van der Waals surface area contributed by atoms with Crippen molar-refractivity contribution in [1.29, 1.82) is 0 Å². The number of rotatable bonds is 3.